The summed E-state index contributed by atoms with van der Waals surface area (Å²) >= 11 is 1.52. The van der Waals surface area contributed by atoms with E-state index in [9.17, 15) is 9.18 Å². The number of amides is 1. The SMILES string of the molecule is CCSc1nc2n(n1)C(c1ccc(OCc3ccccc3F)cc1)C(C(N)=O)=C(C)N2. The van der Waals surface area contributed by atoms with Crippen LogP contribution in [0.1, 0.15) is 31.0 Å². The number of benzene rings is 2. The zero-order valence-electron chi connectivity index (χ0n) is 17.1. The Morgan fingerprint density at radius 3 is 2.68 bits per heavy atom. The van der Waals surface area contributed by atoms with Crippen molar-refractivity contribution in [3.63, 3.8) is 0 Å². The van der Waals surface area contributed by atoms with Gasteiger partial charge in [0.2, 0.25) is 17.0 Å². The van der Waals surface area contributed by atoms with Crippen LogP contribution in [0.15, 0.2) is 65.0 Å². The van der Waals surface area contributed by atoms with Crippen LogP contribution in [0.4, 0.5) is 10.3 Å². The van der Waals surface area contributed by atoms with Crippen LogP contribution >= 0.6 is 11.8 Å². The number of fused-ring (bicyclic) bond motifs is 1. The van der Waals surface area contributed by atoms with Crippen LogP contribution in [0.3, 0.4) is 0 Å². The Bertz CT molecular complexity index is 1140. The van der Waals surface area contributed by atoms with Crippen molar-refractivity contribution in [3.05, 3.63) is 76.7 Å². The highest BCUT2D eigenvalue weighted by atomic mass is 32.2. The number of anilines is 1. The number of allylic oxidation sites excluding steroid dienone is 1. The maximum Gasteiger partial charge on any atom is 0.248 e. The molecular weight excluding hydrogens is 417 g/mol. The Kier molecular flexibility index (Phi) is 5.94. The van der Waals surface area contributed by atoms with Crippen LogP contribution < -0.4 is 15.8 Å². The Hall–Kier alpha value is -3.33. The summed E-state index contributed by atoms with van der Waals surface area (Å²) in [6.45, 7) is 3.94. The number of aromatic nitrogens is 3. The lowest BCUT2D eigenvalue weighted by molar-refractivity contribution is -0.115. The number of hydrogen-bond donors (Lipinski definition) is 2. The topological polar surface area (TPSA) is 95.1 Å². The number of hydrogen-bond acceptors (Lipinski definition) is 6. The van der Waals surface area contributed by atoms with E-state index in [0.29, 0.717) is 33.7 Å². The van der Waals surface area contributed by atoms with Gasteiger partial charge in [-0.15, -0.1) is 5.10 Å². The molecule has 0 spiro atoms. The molecule has 31 heavy (non-hydrogen) atoms. The minimum atomic E-state index is -0.527. The van der Waals surface area contributed by atoms with Gasteiger partial charge in [0.15, 0.2) is 0 Å². The van der Waals surface area contributed by atoms with Gasteiger partial charge in [0.1, 0.15) is 24.2 Å². The van der Waals surface area contributed by atoms with Crippen molar-refractivity contribution in [2.75, 3.05) is 11.1 Å². The van der Waals surface area contributed by atoms with Crippen molar-refractivity contribution >= 4 is 23.6 Å². The van der Waals surface area contributed by atoms with Crippen molar-refractivity contribution in [2.45, 2.75) is 31.7 Å². The average molecular weight is 440 g/mol. The van der Waals surface area contributed by atoms with Crippen molar-refractivity contribution < 1.29 is 13.9 Å². The molecule has 0 fully saturated rings. The molecule has 3 aromatic rings. The smallest absolute Gasteiger partial charge is 0.248 e. The minimum absolute atomic E-state index is 0.121. The summed E-state index contributed by atoms with van der Waals surface area (Å²) in [4.78, 5) is 16.8. The highest BCUT2D eigenvalue weighted by Gasteiger charge is 2.33. The summed E-state index contributed by atoms with van der Waals surface area (Å²) in [6.07, 6.45) is 0. The van der Waals surface area contributed by atoms with Crippen LogP contribution in [0.5, 0.6) is 5.75 Å². The number of ether oxygens (including phenoxy) is 1. The predicted molar refractivity (Wildman–Crippen MR) is 117 cm³/mol. The fraction of sp³-hybridized carbons (Fsp3) is 0.227. The summed E-state index contributed by atoms with van der Waals surface area (Å²) in [5.74, 6) is 1.14. The molecule has 7 nitrogen and oxygen atoms in total. The van der Waals surface area contributed by atoms with Gasteiger partial charge in [-0.1, -0.05) is 49.0 Å². The normalized spacial score (nSPS) is 15.4. The van der Waals surface area contributed by atoms with Crippen LogP contribution in [-0.2, 0) is 11.4 Å². The van der Waals surface area contributed by atoms with E-state index < -0.39 is 11.9 Å². The molecule has 0 saturated carbocycles. The monoisotopic (exact) mass is 439 g/mol. The van der Waals surface area contributed by atoms with E-state index in [0.717, 1.165) is 11.3 Å². The van der Waals surface area contributed by atoms with Gasteiger partial charge in [0.25, 0.3) is 0 Å². The molecule has 0 radical (unpaired) electrons. The van der Waals surface area contributed by atoms with Crippen LogP contribution in [0, 0.1) is 5.82 Å². The standard InChI is InChI=1S/C22H22FN5O2S/c1-3-31-22-26-21-25-13(2)18(20(24)29)19(28(21)27-22)14-8-10-16(11-9-14)30-12-15-6-4-5-7-17(15)23/h4-11,19H,3,12H2,1-2H3,(H2,24,29)(H,25,26,27). The summed E-state index contributed by atoms with van der Waals surface area (Å²) < 4.78 is 21.2. The van der Waals surface area contributed by atoms with E-state index >= 15 is 0 Å². The van der Waals surface area contributed by atoms with E-state index in [-0.39, 0.29) is 12.4 Å². The van der Waals surface area contributed by atoms with E-state index in [1.54, 1.807) is 41.9 Å². The lowest BCUT2D eigenvalue weighted by Crippen LogP contribution is -2.31. The first-order valence-electron chi connectivity index (χ1n) is 9.81. The first kappa shape index (κ1) is 20.9. The lowest BCUT2D eigenvalue weighted by atomic mass is 9.95. The number of nitrogens with one attached hydrogen (secondary N) is 1. The first-order chi connectivity index (χ1) is 15.0. The van der Waals surface area contributed by atoms with Gasteiger partial charge in [-0.05, 0) is 36.4 Å². The van der Waals surface area contributed by atoms with Crippen LogP contribution in [0.2, 0.25) is 0 Å². The molecule has 0 aliphatic carbocycles. The molecule has 0 bridgehead atoms. The number of carbonyl (C=O) groups is 1. The van der Waals surface area contributed by atoms with E-state index in [4.69, 9.17) is 10.5 Å². The maximum atomic E-state index is 13.8. The third-order valence-electron chi connectivity index (χ3n) is 4.92. The van der Waals surface area contributed by atoms with Crippen molar-refractivity contribution in [1.82, 2.24) is 14.8 Å². The summed E-state index contributed by atoms with van der Waals surface area (Å²) in [5.41, 5.74) is 8.06. The molecule has 4 rings (SSSR count). The maximum absolute atomic E-state index is 13.8. The Labute approximate surface area is 183 Å². The van der Waals surface area contributed by atoms with Crippen molar-refractivity contribution in [1.29, 1.82) is 0 Å². The molecule has 3 N–H and O–H groups in total. The van der Waals surface area contributed by atoms with Gasteiger partial charge in [-0.25, -0.2) is 9.07 Å². The second-order valence-corrected chi connectivity index (χ2v) is 8.21. The Balaban J connectivity index is 1.62. The summed E-state index contributed by atoms with van der Waals surface area (Å²) in [7, 11) is 0. The molecule has 1 atom stereocenters. The van der Waals surface area contributed by atoms with Crippen molar-refractivity contribution in [3.8, 4) is 5.75 Å². The zero-order valence-corrected chi connectivity index (χ0v) is 17.9. The predicted octanol–water partition coefficient (Wildman–Crippen LogP) is 3.88. The molecule has 1 aliphatic heterocycles. The summed E-state index contributed by atoms with van der Waals surface area (Å²) in [5, 5.41) is 8.31. The van der Waals surface area contributed by atoms with Crippen molar-refractivity contribution in [2.24, 2.45) is 5.73 Å². The Morgan fingerprint density at radius 1 is 1.26 bits per heavy atom. The molecule has 2 heterocycles. The van der Waals surface area contributed by atoms with Crippen LogP contribution in [0.25, 0.3) is 0 Å². The fourth-order valence-corrected chi connectivity index (χ4v) is 4.03. The first-order valence-corrected chi connectivity index (χ1v) is 10.8. The van der Waals surface area contributed by atoms with E-state index in [2.05, 4.69) is 15.4 Å². The van der Waals surface area contributed by atoms with E-state index in [1.165, 1.54) is 17.8 Å². The second kappa shape index (κ2) is 8.81. The highest BCUT2D eigenvalue weighted by Crippen LogP contribution is 2.36. The molecule has 1 aromatic heterocycles. The number of nitrogens with zero attached hydrogens (tertiary/aromatic N) is 3. The zero-order chi connectivity index (χ0) is 22.0. The van der Waals surface area contributed by atoms with Gasteiger partial charge < -0.3 is 15.8 Å². The average Bonchev–Trinajstić information content (AvgIpc) is 3.14. The minimum Gasteiger partial charge on any atom is -0.489 e. The molecule has 1 amide bonds. The third kappa shape index (κ3) is 4.27. The molecule has 160 valence electrons. The van der Waals surface area contributed by atoms with Gasteiger partial charge in [-0.2, -0.15) is 4.98 Å². The molecule has 0 saturated heterocycles. The number of primary amides is 1. The number of halogens is 1. The largest absolute Gasteiger partial charge is 0.489 e. The molecule has 1 unspecified atom stereocenters. The summed E-state index contributed by atoms with van der Waals surface area (Å²) in [6, 6.07) is 13.2. The lowest BCUT2D eigenvalue weighted by Gasteiger charge is -2.27. The van der Waals surface area contributed by atoms with Gasteiger partial charge >= 0.3 is 0 Å². The van der Waals surface area contributed by atoms with E-state index in [1.807, 2.05) is 19.1 Å². The highest BCUT2D eigenvalue weighted by molar-refractivity contribution is 7.99. The fourth-order valence-electron chi connectivity index (χ4n) is 3.47. The molecule has 1 aliphatic rings. The Morgan fingerprint density at radius 2 is 2.00 bits per heavy atom. The van der Waals surface area contributed by atoms with Gasteiger partial charge in [0.05, 0.1) is 5.57 Å². The number of rotatable bonds is 7. The van der Waals surface area contributed by atoms with Gasteiger partial charge in [-0.3, -0.25) is 4.79 Å². The molecule has 9 heteroatoms. The molecular formula is C22H22FN5O2S. The second-order valence-electron chi connectivity index (χ2n) is 6.98. The third-order valence-corrected chi connectivity index (χ3v) is 5.64. The number of carbonyl (C=O) groups excluding carboxylic acids is 1. The van der Waals surface area contributed by atoms with Gasteiger partial charge in [0, 0.05) is 11.3 Å². The number of thioether (sulfide) groups is 1. The van der Waals surface area contributed by atoms with Crippen LogP contribution in [-0.4, -0.2) is 26.4 Å². The quantitative estimate of drug-likeness (QED) is 0.543. The molecule has 2 aromatic carbocycles. The number of nitrogens with two attached hydrogens (primary N) is 1.